The van der Waals surface area contributed by atoms with Gasteiger partial charge >= 0.3 is 0 Å². The molecular weight excluding hydrogens is 433 g/mol. The fourth-order valence-electron chi connectivity index (χ4n) is 3.24. The van der Waals surface area contributed by atoms with Crippen molar-refractivity contribution in [2.75, 3.05) is 5.75 Å². The van der Waals surface area contributed by atoms with Crippen LogP contribution in [0.3, 0.4) is 0 Å². The number of rotatable bonds is 8. The molecule has 29 heavy (non-hydrogen) atoms. The molecule has 2 N–H and O–H groups in total. The zero-order valence-corrected chi connectivity index (χ0v) is 18.4. The van der Waals surface area contributed by atoms with Gasteiger partial charge in [-0.3, -0.25) is 9.59 Å². The van der Waals surface area contributed by atoms with Gasteiger partial charge in [0.1, 0.15) is 0 Å². The van der Waals surface area contributed by atoms with Gasteiger partial charge in [0.05, 0.1) is 22.3 Å². The molecule has 0 aliphatic heterocycles. The Morgan fingerprint density at radius 2 is 1.97 bits per heavy atom. The van der Waals surface area contributed by atoms with E-state index in [-0.39, 0.29) is 18.4 Å². The second-order valence-electron chi connectivity index (χ2n) is 6.79. The van der Waals surface area contributed by atoms with E-state index in [1.54, 1.807) is 12.1 Å². The molecule has 3 rings (SSSR count). The van der Waals surface area contributed by atoms with Crippen LogP contribution in [0.15, 0.2) is 23.4 Å². The predicted molar refractivity (Wildman–Crippen MR) is 114 cm³/mol. The molecule has 2 amide bonds. The van der Waals surface area contributed by atoms with E-state index in [1.165, 1.54) is 30.7 Å². The van der Waals surface area contributed by atoms with Crippen molar-refractivity contribution in [3.8, 4) is 0 Å². The lowest BCUT2D eigenvalue weighted by atomic mass is 10.2. The number of amides is 2. The van der Waals surface area contributed by atoms with Crippen LogP contribution in [-0.2, 0) is 17.9 Å². The first kappa shape index (κ1) is 21.9. The van der Waals surface area contributed by atoms with E-state index in [2.05, 4.69) is 20.8 Å². The molecule has 1 aliphatic rings. The third-order valence-electron chi connectivity index (χ3n) is 4.75. The molecule has 7 nitrogen and oxygen atoms in total. The van der Waals surface area contributed by atoms with Crippen LogP contribution in [0.2, 0.25) is 10.0 Å². The van der Waals surface area contributed by atoms with E-state index in [4.69, 9.17) is 23.2 Å². The summed E-state index contributed by atoms with van der Waals surface area (Å²) >= 11 is 13.2. The maximum atomic E-state index is 12.3. The SMILES string of the molecule is CCn1c(CNC(=O)c2ccc(Cl)c(Cl)c2)nnc1SCC(=O)NC1CCCC1. The van der Waals surface area contributed by atoms with Gasteiger partial charge in [0.2, 0.25) is 5.91 Å². The fourth-order valence-corrected chi connectivity index (χ4v) is 4.37. The number of carbonyl (C=O) groups excluding carboxylic acids is 2. The predicted octanol–water partition coefficient (Wildman–Crippen LogP) is 3.69. The van der Waals surface area contributed by atoms with Crippen molar-refractivity contribution in [2.24, 2.45) is 0 Å². The highest BCUT2D eigenvalue weighted by molar-refractivity contribution is 7.99. The van der Waals surface area contributed by atoms with Gasteiger partial charge in [-0.2, -0.15) is 0 Å². The third kappa shape index (κ3) is 5.87. The van der Waals surface area contributed by atoms with Gasteiger partial charge in [-0.1, -0.05) is 47.8 Å². The van der Waals surface area contributed by atoms with Crippen molar-refractivity contribution >= 4 is 46.8 Å². The van der Waals surface area contributed by atoms with E-state index in [1.807, 2.05) is 11.5 Å². The normalized spacial score (nSPS) is 14.2. The minimum atomic E-state index is -0.278. The summed E-state index contributed by atoms with van der Waals surface area (Å²) in [6.07, 6.45) is 4.48. The minimum absolute atomic E-state index is 0.0158. The zero-order chi connectivity index (χ0) is 20.8. The number of halogens is 2. The minimum Gasteiger partial charge on any atom is -0.353 e. The van der Waals surface area contributed by atoms with E-state index >= 15 is 0 Å². The number of hydrogen-bond donors (Lipinski definition) is 2. The smallest absolute Gasteiger partial charge is 0.251 e. The molecule has 1 aromatic carbocycles. The van der Waals surface area contributed by atoms with Crippen molar-refractivity contribution in [1.29, 1.82) is 0 Å². The molecule has 2 aromatic rings. The largest absolute Gasteiger partial charge is 0.353 e. The molecule has 10 heteroatoms. The summed E-state index contributed by atoms with van der Waals surface area (Å²) in [6, 6.07) is 5.02. The maximum Gasteiger partial charge on any atom is 0.251 e. The average molecular weight is 456 g/mol. The Morgan fingerprint density at radius 1 is 1.21 bits per heavy atom. The molecule has 156 valence electrons. The Kier molecular flexibility index (Phi) is 7.80. The standard InChI is InChI=1S/C19H23Cl2N5O2S/c1-2-26-16(10-22-18(28)12-7-8-14(20)15(21)9-12)24-25-19(26)29-11-17(27)23-13-5-3-4-6-13/h7-9,13H,2-6,10-11H2,1H3,(H,22,28)(H,23,27). The first-order chi connectivity index (χ1) is 14.0. The van der Waals surface area contributed by atoms with Crippen LogP contribution in [0.25, 0.3) is 0 Å². The topological polar surface area (TPSA) is 88.9 Å². The van der Waals surface area contributed by atoms with Gasteiger partial charge < -0.3 is 15.2 Å². The van der Waals surface area contributed by atoms with E-state index < -0.39 is 0 Å². The van der Waals surface area contributed by atoms with Gasteiger partial charge in [-0.25, -0.2) is 0 Å². The highest BCUT2D eigenvalue weighted by Gasteiger charge is 2.19. The highest BCUT2D eigenvalue weighted by atomic mass is 35.5. The van der Waals surface area contributed by atoms with Gasteiger partial charge in [0, 0.05) is 18.2 Å². The quantitative estimate of drug-likeness (QED) is 0.592. The number of nitrogens with one attached hydrogen (secondary N) is 2. The molecule has 0 unspecified atom stereocenters. The molecule has 0 radical (unpaired) electrons. The van der Waals surface area contributed by atoms with Crippen molar-refractivity contribution in [1.82, 2.24) is 25.4 Å². The number of aromatic nitrogens is 3. The lowest BCUT2D eigenvalue weighted by molar-refractivity contribution is -0.119. The van der Waals surface area contributed by atoms with Crippen molar-refractivity contribution in [3.63, 3.8) is 0 Å². The molecule has 0 bridgehead atoms. The lowest BCUT2D eigenvalue weighted by Gasteiger charge is -2.12. The molecule has 1 saturated carbocycles. The second kappa shape index (κ2) is 10.3. The monoisotopic (exact) mass is 455 g/mol. The summed E-state index contributed by atoms with van der Waals surface area (Å²) in [5.41, 5.74) is 0.417. The second-order valence-corrected chi connectivity index (χ2v) is 8.55. The Bertz CT molecular complexity index is 883. The summed E-state index contributed by atoms with van der Waals surface area (Å²) in [7, 11) is 0. The van der Waals surface area contributed by atoms with Crippen LogP contribution in [-0.4, -0.2) is 38.4 Å². The van der Waals surface area contributed by atoms with E-state index in [0.29, 0.717) is 44.9 Å². The van der Waals surface area contributed by atoms with Crippen molar-refractivity contribution in [2.45, 2.75) is 56.9 Å². The van der Waals surface area contributed by atoms with Gasteiger partial charge in [-0.15, -0.1) is 10.2 Å². The van der Waals surface area contributed by atoms with Crippen LogP contribution in [0.1, 0.15) is 48.8 Å². The summed E-state index contributed by atoms with van der Waals surface area (Å²) in [4.78, 5) is 24.5. The summed E-state index contributed by atoms with van der Waals surface area (Å²) in [5, 5.41) is 15.6. The Labute approximate surface area is 183 Å². The lowest BCUT2D eigenvalue weighted by Crippen LogP contribution is -2.33. The van der Waals surface area contributed by atoms with Crippen LogP contribution in [0, 0.1) is 0 Å². The Hall–Kier alpha value is -1.77. The molecule has 0 saturated heterocycles. The van der Waals surface area contributed by atoms with Crippen molar-refractivity contribution in [3.05, 3.63) is 39.6 Å². The van der Waals surface area contributed by atoms with E-state index in [9.17, 15) is 9.59 Å². The molecule has 1 aliphatic carbocycles. The number of hydrogen-bond acceptors (Lipinski definition) is 5. The van der Waals surface area contributed by atoms with Gasteiger partial charge in [-0.05, 0) is 38.0 Å². The molecule has 1 aromatic heterocycles. The fraction of sp³-hybridized carbons (Fsp3) is 0.474. The first-order valence-electron chi connectivity index (χ1n) is 9.55. The number of thioether (sulfide) groups is 1. The molecule has 0 atom stereocenters. The van der Waals surface area contributed by atoms with Crippen LogP contribution >= 0.6 is 35.0 Å². The summed E-state index contributed by atoms with van der Waals surface area (Å²) in [6.45, 7) is 2.82. The Morgan fingerprint density at radius 3 is 2.66 bits per heavy atom. The average Bonchev–Trinajstić information content (AvgIpc) is 3.35. The number of carbonyl (C=O) groups is 2. The van der Waals surface area contributed by atoms with Crippen LogP contribution in [0.4, 0.5) is 0 Å². The zero-order valence-electron chi connectivity index (χ0n) is 16.1. The maximum absolute atomic E-state index is 12.3. The third-order valence-corrected chi connectivity index (χ3v) is 6.46. The molecule has 1 heterocycles. The van der Waals surface area contributed by atoms with E-state index in [0.717, 1.165) is 12.8 Å². The number of nitrogens with zero attached hydrogens (tertiary/aromatic N) is 3. The van der Waals surface area contributed by atoms with Gasteiger partial charge in [0.15, 0.2) is 11.0 Å². The summed E-state index contributed by atoms with van der Waals surface area (Å²) < 4.78 is 1.89. The summed E-state index contributed by atoms with van der Waals surface area (Å²) in [5.74, 6) is 0.658. The van der Waals surface area contributed by atoms with Crippen LogP contribution < -0.4 is 10.6 Å². The Balaban J connectivity index is 1.55. The molecule has 0 spiro atoms. The van der Waals surface area contributed by atoms with Crippen LogP contribution in [0.5, 0.6) is 0 Å². The molecule has 1 fully saturated rings. The number of benzene rings is 1. The molecular formula is C19H23Cl2N5O2S. The first-order valence-corrected chi connectivity index (χ1v) is 11.3. The van der Waals surface area contributed by atoms with Gasteiger partial charge in [0.25, 0.3) is 5.91 Å². The van der Waals surface area contributed by atoms with Crippen molar-refractivity contribution < 1.29 is 9.59 Å². The highest BCUT2D eigenvalue weighted by Crippen LogP contribution is 2.23.